The second kappa shape index (κ2) is 10.5. The number of para-hydroxylation sites is 2. The number of ether oxygens (including phenoxy) is 1. The molecular formula is C30H37N5O4. The first-order valence-electron chi connectivity index (χ1n) is 13.8. The molecule has 2 atom stereocenters. The summed E-state index contributed by atoms with van der Waals surface area (Å²) in [6.45, 7) is 7.00. The summed E-state index contributed by atoms with van der Waals surface area (Å²) in [5.41, 5.74) is 3.56. The number of methoxy groups -OCH3 is 1. The van der Waals surface area contributed by atoms with Crippen LogP contribution in [-0.4, -0.2) is 70.4 Å². The topological polar surface area (TPSA) is 83.2 Å². The van der Waals surface area contributed by atoms with Gasteiger partial charge in [-0.2, -0.15) is 0 Å². The van der Waals surface area contributed by atoms with Crippen LogP contribution >= 0.6 is 0 Å². The predicted octanol–water partition coefficient (Wildman–Crippen LogP) is 2.20. The fourth-order valence-corrected chi connectivity index (χ4v) is 6.73. The van der Waals surface area contributed by atoms with E-state index in [1.54, 1.807) is 19.2 Å². The summed E-state index contributed by atoms with van der Waals surface area (Å²) >= 11 is 0. The fraction of sp³-hybridized carbons (Fsp3) is 0.467. The second-order valence-electron chi connectivity index (χ2n) is 11.2. The molecule has 1 aromatic carbocycles. The van der Waals surface area contributed by atoms with Crippen LogP contribution in [0.5, 0.6) is 11.5 Å². The second-order valence-corrected chi connectivity index (χ2v) is 11.2. The zero-order valence-electron chi connectivity index (χ0n) is 22.8. The van der Waals surface area contributed by atoms with E-state index in [0.29, 0.717) is 30.6 Å². The molecular weight excluding hydrogens is 494 g/mol. The molecule has 5 heterocycles. The van der Waals surface area contributed by atoms with E-state index in [0.717, 1.165) is 75.1 Å². The van der Waals surface area contributed by atoms with Crippen molar-refractivity contribution in [1.82, 2.24) is 18.9 Å². The van der Waals surface area contributed by atoms with Crippen LogP contribution in [0.4, 0.5) is 5.69 Å². The summed E-state index contributed by atoms with van der Waals surface area (Å²) in [6.07, 6.45) is 1.10. The molecule has 3 aliphatic rings. The molecule has 0 aliphatic carbocycles. The van der Waals surface area contributed by atoms with Gasteiger partial charge in [0.1, 0.15) is 5.75 Å². The van der Waals surface area contributed by atoms with E-state index in [2.05, 4.69) is 26.8 Å². The number of anilines is 1. The Labute approximate surface area is 228 Å². The van der Waals surface area contributed by atoms with Gasteiger partial charge in [0.05, 0.1) is 18.5 Å². The molecule has 3 aromatic rings. The molecule has 0 amide bonds. The van der Waals surface area contributed by atoms with Crippen molar-refractivity contribution < 1.29 is 9.84 Å². The number of aromatic nitrogens is 2. The minimum absolute atomic E-state index is 0.0879. The lowest BCUT2D eigenvalue weighted by Gasteiger charge is -2.43. The van der Waals surface area contributed by atoms with Crippen molar-refractivity contribution in [2.45, 2.75) is 32.0 Å². The number of likely N-dealkylation sites (tertiary alicyclic amines) is 1. The van der Waals surface area contributed by atoms with Crippen LogP contribution in [-0.2, 0) is 26.7 Å². The normalized spacial score (nSPS) is 21.5. The van der Waals surface area contributed by atoms with E-state index in [9.17, 15) is 14.7 Å². The van der Waals surface area contributed by atoms with Crippen molar-refractivity contribution >= 4 is 5.69 Å². The summed E-state index contributed by atoms with van der Waals surface area (Å²) in [4.78, 5) is 32.2. The quantitative estimate of drug-likeness (QED) is 0.522. The molecule has 39 heavy (non-hydrogen) atoms. The minimum Gasteiger partial charge on any atom is -0.503 e. The number of piperidine rings is 1. The van der Waals surface area contributed by atoms with E-state index >= 15 is 0 Å². The number of aromatic hydroxyl groups is 1. The zero-order valence-corrected chi connectivity index (χ0v) is 22.8. The molecule has 0 radical (unpaired) electrons. The molecule has 0 saturated carbocycles. The van der Waals surface area contributed by atoms with Crippen LogP contribution in [0.2, 0.25) is 0 Å². The molecule has 1 N–H and O–H groups in total. The first kappa shape index (κ1) is 25.7. The van der Waals surface area contributed by atoms with Crippen LogP contribution in [0.3, 0.4) is 0 Å². The summed E-state index contributed by atoms with van der Waals surface area (Å²) in [7, 11) is 3.65. The van der Waals surface area contributed by atoms with Gasteiger partial charge in [-0.25, -0.2) is 0 Å². The minimum atomic E-state index is -0.320. The maximum absolute atomic E-state index is 12.8. The molecule has 206 valence electrons. The maximum Gasteiger partial charge on any atom is 0.250 e. The highest BCUT2D eigenvalue weighted by Crippen LogP contribution is 2.35. The first-order chi connectivity index (χ1) is 18.9. The highest BCUT2D eigenvalue weighted by Gasteiger charge is 2.34. The number of fused-ring (bicyclic) bond motifs is 4. The molecule has 1 unspecified atom stereocenters. The van der Waals surface area contributed by atoms with Gasteiger partial charge in [-0.15, -0.1) is 0 Å². The molecule has 2 saturated heterocycles. The molecule has 9 nitrogen and oxygen atoms in total. The highest BCUT2D eigenvalue weighted by molar-refractivity contribution is 5.58. The van der Waals surface area contributed by atoms with Gasteiger partial charge in [-0.05, 0) is 30.5 Å². The maximum atomic E-state index is 12.8. The van der Waals surface area contributed by atoms with Crippen LogP contribution in [0.1, 0.15) is 29.4 Å². The van der Waals surface area contributed by atoms with Crippen molar-refractivity contribution in [3.63, 3.8) is 0 Å². The van der Waals surface area contributed by atoms with Crippen LogP contribution in [0.25, 0.3) is 0 Å². The average Bonchev–Trinajstić information content (AvgIpc) is 2.95. The standard InChI is InChI=1S/C30H37N5O4/c1-31-23(19-33-16-21-14-22(18-33)24-7-5-9-29(37)35(24)17-21)15-27(36)30(38)26(31)20-32-10-12-34(13-11-32)25-6-3-4-8-28(25)39-2/h3-9,15,21-22,38H,10-14,16-20H2,1-2H3/t21?,22-/m0/s1. The highest BCUT2D eigenvalue weighted by atomic mass is 16.5. The van der Waals surface area contributed by atoms with Crippen molar-refractivity contribution in [1.29, 1.82) is 0 Å². The summed E-state index contributed by atoms with van der Waals surface area (Å²) in [6, 6.07) is 15.2. The molecule has 0 spiro atoms. The Hall–Kier alpha value is -3.56. The van der Waals surface area contributed by atoms with Gasteiger partial charge in [-0.3, -0.25) is 19.4 Å². The third kappa shape index (κ3) is 4.96. The van der Waals surface area contributed by atoms with E-state index < -0.39 is 0 Å². The number of pyridine rings is 2. The number of hydrogen-bond donors (Lipinski definition) is 1. The van der Waals surface area contributed by atoms with Crippen LogP contribution in [0, 0.1) is 5.92 Å². The molecule has 9 heteroatoms. The average molecular weight is 532 g/mol. The van der Waals surface area contributed by atoms with Gasteiger partial charge in [0.15, 0.2) is 5.75 Å². The first-order valence-corrected chi connectivity index (χ1v) is 13.8. The van der Waals surface area contributed by atoms with Gasteiger partial charge in [-0.1, -0.05) is 18.2 Å². The van der Waals surface area contributed by atoms with Gasteiger partial charge in [0.2, 0.25) is 5.43 Å². The summed E-state index contributed by atoms with van der Waals surface area (Å²) in [5.74, 6) is 1.46. The predicted molar refractivity (Wildman–Crippen MR) is 151 cm³/mol. The lowest BCUT2D eigenvalue weighted by molar-refractivity contribution is 0.112. The van der Waals surface area contributed by atoms with Crippen molar-refractivity contribution in [2.75, 3.05) is 51.3 Å². The lowest BCUT2D eigenvalue weighted by atomic mass is 9.83. The van der Waals surface area contributed by atoms with E-state index in [1.165, 1.54) is 0 Å². The number of rotatable bonds is 6. The molecule has 3 aliphatic heterocycles. The molecule has 2 bridgehead atoms. The Morgan fingerprint density at radius 2 is 1.72 bits per heavy atom. The fourth-order valence-electron chi connectivity index (χ4n) is 6.73. The van der Waals surface area contributed by atoms with Crippen molar-refractivity contribution in [3.05, 3.63) is 86.2 Å². The summed E-state index contributed by atoms with van der Waals surface area (Å²) in [5, 5.41) is 10.8. The van der Waals surface area contributed by atoms with E-state index in [-0.39, 0.29) is 16.7 Å². The van der Waals surface area contributed by atoms with Gasteiger partial charge < -0.3 is 23.9 Å². The molecule has 2 aromatic heterocycles. The molecule has 2 fully saturated rings. The Kier molecular flexibility index (Phi) is 6.95. The van der Waals surface area contributed by atoms with Gasteiger partial charge in [0.25, 0.3) is 5.56 Å². The van der Waals surface area contributed by atoms with Crippen molar-refractivity contribution in [2.24, 2.45) is 13.0 Å². The molecule has 6 rings (SSSR count). The van der Waals surface area contributed by atoms with Gasteiger partial charge in [0, 0.05) is 95.4 Å². The van der Waals surface area contributed by atoms with E-state index in [4.69, 9.17) is 4.74 Å². The SMILES string of the molecule is COc1ccccc1N1CCN(Cc2c(O)c(=O)cc(CN3CC4C[C@@H](C3)c3cccc(=O)n3C4)n2C)CC1. The van der Waals surface area contributed by atoms with Crippen LogP contribution in [0.15, 0.2) is 58.1 Å². The zero-order chi connectivity index (χ0) is 27.1. The Morgan fingerprint density at radius 3 is 2.51 bits per heavy atom. The largest absolute Gasteiger partial charge is 0.503 e. The lowest BCUT2D eigenvalue weighted by Crippen LogP contribution is -2.47. The van der Waals surface area contributed by atoms with Crippen LogP contribution < -0.4 is 20.6 Å². The third-order valence-corrected chi connectivity index (χ3v) is 8.75. The smallest absolute Gasteiger partial charge is 0.250 e. The Morgan fingerprint density at radius 1 is 0.923 bits per heavy atom. The number of hydrogen-bond acceptors (Lipinski definition) is 7. The number of benzene rings is 1. The summed E-state index contributed by atoms with van der Waals surface area (Å²) < 4.78 is 9.49. The van der Waals surface area contributed by atoms with Crippen molar-refractivity contribution in [3.8, 4) is 11.5 Å². The number of nitrogens with zero attached hydrogens (tertiary/aromatic N) is 5. The monoisotopic (exact) mass is 531 g/mol. The van der Waals surface area contributed by atoms with Gasteiger partial charge >= 0.3 is 0 Å². The Balaban J connectivity index is 1.16. The number of piperazine rings is 1. The Bertz CT molecular complexity index is 1470. The van der Waals surface area contributed by atoms with E-state index in [1.807, 2.05) is 40.4 Å². The third-order valence-electron chi connectivity index (χ3n) is 8.75.